The normalized spacial score (nSPS) is 31.2. The van der Waals surface area contributed by atoms with Crippen LogP contribution in [0.3, 0.4) is 0 Å². The van der Waals surface area contributed by atoms with Gasteiger partial charge in [0, 0.05) is 18.6 Å². The third-order valence-corrected chi connectivity index (χ3v) is 5.25. The molecule has 0 bridgehead atoms. The van der Waals surface area contributed by atoms with Gasteiger partial charge in [-0.25, -0.2) is 0 Å². The van der Waals surface area contributed by atoms with Crippen molar-refractivity contribution in [2.24, 2.45) is 11.8 Å². The minimum absolute atomic E-state index is 0.473. The lowest BCUT2D eigenvalue weighted by molar-refractivity contribution is 0.165. The molecule has 0 amide bonds. The van der Waals surface area contributed by atoms with Crippen molar-refractivity contribution in [3.8, 4) is 5.75 Å². The summed E-state index contributed by atoms with van der Waals surface area (Å²) in [5.41, 5.74) is 1.37. The molecule has 3 nitrogen and oxygen atoms in total. The van der Waals surface area contributed by atoms with Gasteiger partial charge in [0.2, 0.25) is 0 Å². The second-order valence-electron chi connectivity index (χ2n) is 6.21. The van der Waals surface area contributed by atoms with Gasteiger partial charge in [-0.2, -0.15) is 0 Å². The van der Waals surface area contributed by atoms with Gasteiger partial charge in [0.25, 0.3) is 0 Å². The van der Waals surface area contributed by atoms with Gasteiger partial charge in [0.15, 0.2) is 0 Å². The zero-order valence-electron chi connectivity index (χ0n) is 12.8. The zero-order chi connectivity index (χ0) is 14.1. The second kappa shape index (κ2) is 5.74. The SMILES string of the molecule is CCC1C2CNCC2CN1C(C)c1cccc(OC)c1. The molecule has 2 saturated heterocycles. The zero-order valence-corrected chi connectivity index (χ0v) is 12.8. The summed E-state index contributed by atoms with van der Waals surface area (Å²) in [5.74, 6) is 2.64. The second-order valence-corrected chi connectivity index (χ2v) is 6.21. The standard InChI is InChI=1S/C17H26N2O/c1-4-17-16-10-18-9-14(16)11-19(17)12(2)13-6-5-7-15(8-13)20-3/h5-8,12,14,16-18H,4,9-11H2,1-3H3. The van der Waals surface area contributed by atoms with Crippen LogP contribution in [-0.2, 0) is 0 Å². The number of likely N-dealkylation sites (tertiary alicyclic amines) is 1. The highest BCUT2D eigenvalue weighted by molar-refractivity contribution is 5.30. The van der Waals surface area contributed by atoms with E-state index in [4.69, 9.17) is 4.74 Å². The van der Waals surface area contributed by atoms with E-state index in [1.54, 1.807) is 7.11 Å². The van der Waals surface area contributed by atoms with Crippen LogP contribution >= 0.6 is 0 Å². The Labute approximate surface area is 122 Å². The summed E-state index contributed by atoms with van der Waals surface area (Å²) in [6.07, 6.45) is 1.25. The summed E-state index contributed by atoms with van der Waals surface area (Å²) in [6, 6.07) is 9.73. The van der Waals surface area contributed by atoms with Crippen molar-refractivity contribution in [3.05, 3.63) is 29.8 Å². The first-order chi connectivity index (χ1) is 9.74. The number of hydrogen-bond acceptors (Lipinski definition) is 3. The summed E-state index contributed by atoms with van der Waals surface area (Å²) in [7, 11) is 1.74. The molecule has 0 radical (unpaired) electrons. The highest BCUT2D eigenvalue weighted by atomic mass is 16.5. The number of hydrogen-bond donors (Lipinski definition) is 1. The molecule has 1 aromatic rings. The van der Waals surface area contributed by atoms with Crippen LogP contribution in [0.2, 0.25) is 0 Å². The van der Waals surface area contributed by atoms with Gasteiger partial charge in [-0.1, -0.05) is 19.1 Å². The van der Waals surface area contributed by atoms with E-state index in [0.29, 0.717) is 6.04 Å². The monoisotopic (exact) mass is 274 g/mol. The Morgan fingerprint density at radius 2 is 2.25 bits per heavy atom. The van der Waals surface area contributed by atoms with Crippen LogP contribution in [0.25, 0.3) is 0 Å². The Balaban J connectivity index is 1.80. The summed E-state index contributed by atoms with van der Waals surface area (Å²) in [4.78, 5) is 2.71. The lowest BCUT2D eigenvalue weighted by Gasteiger charge is -2.32. The maximum Gasteiger partial charge on any atom is 0.119 e. The molecule has 2 aliphatic heterocycles. The van der Waals surface area contributed by atoms with E-state index in [1.165, 1.54) is 31.6 Å². The molecular weight excluding hydrogens is 248 g/mol. The molecule has 110 valence electrons. The lowest BCUT2D eigenvalue weighted by atomic mass is 9.92. The largest absolute Gasteiger partial charge is 0.497 e. The van der Waals surface area contributed by atoms with Gasteiger partial charge in [0.05, 0.1) is 7.11 Å². The lowest BCUT2D eigenvalue weighted by Crippen LogP contribution is -2.36. The molecule has 0 spiro atoms. The third kappa shape index (κ3) is 2.33. The molecule has 3 heteroatoms. The first-order valence-electron chi connectivity index (χ1n) is 7.85. The molecule has 4 atom stereocenters. The summed E-state index contributed by atoms with van der Waals surface area (Å²) < 4.78 is 5.37. The average molecular weight is 274 g/mol. The molecule has 3 rings (SSSR count). The minimum atomic E-state index is 0.473. The minimum Gasteiger partial charge on any atom is -0.497 e. The van der Waals surface area contributed by atoms with Gasteiger partial charge in [0.1, 0.15) is 5.75 Å². The molecule has 2 aliphatic rings. The van der Waals surface area contributed by atoms with Gasteiger partial charge >= 0.3 is 0 Å². The summed E-state index contributed by atoms with van der Waals surface area (Å²) in [5, 5.41) is 3.56. The fourth-order valence-corrected chi connectivity index (χ4v) is 4.13. The van der Waals surface area contributed by atoms with E-state index in [2.05, 4.69) is 42.3 Å². The number of fused-ring (bicyclic) bond motifs is 1. The number of nitrogens with zero attached hydrogens (tertiary/aromatic N) is 1. The van der Waals surface area contributed by atoms with Crippen LogP contribution in [0.15, 0.2) is 24.3 Å². The quantitative estimate of drug-likeness (QED) is 0.913. The fraction of sp³-hybridized carbons (Fsp3) is 0.647. The maximum absolute atomic E-state index is 5.37. The molecule has 2 heterocycles. The molecule has 20 heavy (non-hydrogen) atoms. The van der Waals surface area contributed by atoms with Gasteiger partial charge < -0.3 is 10.1 Å². The van der Waals surface area contributed by atoms with Gasteiger partial charge in [-0.3, -0.25) is 4.90 Å². The predicted molar refractivity (Wildman–Crippen MR) is 82.0 cm³/mol. The predicted octanol–water partition coefficient (Wildman–Crippen LogP) is 2.69. The first-order valence-corrected chi connectivity index (χ1v) is 7.85. The third-order valence-electron chi connectivity index (χ3n) is 5.25. The number of ether oxygens (including phenoxy) is 1. The Morgan fingerprint density at radius 3 is 3.00 bits per heavy atom. The van der Waals surface area contributed by atoms with E-state index < -0.39 is 0 Å². The average Bonchev–Trinajstić information content (AvgIpc) is 3.06. The highest BCUT2D eigenvalue weighted by Gasteiger charge is 2.44. The van der Waals surface area contributed by atoms with Gasteiger partial charge in [-0.15, -0.1) is 0 Å². The van der Waals surface area contributed by atoms with Crippen LogP contribution in [-0.4, -0.2) is 37.7 Å². The topological polar surface area (TPSA) is 24.5 Å². The van der Waals surface area contributed by atoms with Crippen molar-refractivity contribution >= 4 is 0 Å². The highest BCUT2D eigenvalue weighted by Crippen LogP contribution is 2.39. The maximum atomic E-state index is 5.37. The molecule has 0 saturated carbocycles. The molecule has 0 aromatic heterocycles. The van der Waals surface area contributed by atoms with E-state index in [9.17, 15) is 0 Å². The molecule has 4 unspecified atom stereocenters. The van der Waals surface area contributed by atoms with E-state index >= 15 is 0 Å². The van der Waals surface area contributed by atoms with Crippen molar-refractivity contribution in [1.29, 1.82) is 0 Å². The smallest absolute Gasteiger partial charge is 0.119 e. The Morgan fingerprint density at radius 1 is 1.40 bits per heavy atom. The molecule has 1 N–H and O–H groups in total. The Hall–Kier alpha value is -1.06. The van der Waals surface area contributed by atoms with Crippen molar-refractivity contribution in [2.45, 2.75) is 32.4 Å². The van der Waals surface area contributed by atoms with E-state index in [-0.39, 0.29) is 0 Å². The van der Waals surface area contributed by atoms with E-state index in [0.717, 1.165) is 23.6 Å². The van der Waals surface area contributed by atoms with Crippen LogP contribution in [0.4, 0.5) is 0 Å². The number of nitrogens with one attached hydrogen (secondary N) is 1. The van der Waals surface area contributed by atoms with Crippen molar-refractivity contribution in [1.82, 2.24) is 10.2 Å². The number of benzene rings is 1. The van der Waals surface area contributed by atoms with E-state index in [1.807, 2.05) is 6.07 Å². The van der Waals surface area contributed by atoms with Crippen molar-refractivity contribution < 1.29 is 4.74 Å². The van der Waals surface area contributed by atoms with Crippen LogP contribution in [0.5, 0.6) is 5.75 Å². The Kier molecular flexibility index (Phi) is 3.99. The Bertz CT molecular complexity index is 462. The van der Waals surface area contributed by atoms with Crippen molar-refractivity contribution in [3.63, 3.8) is 0 Å². The van der Waals surface area contributed by atoms with Crippen LogP contribution in [0.1, 0.15) is 31.9 Å². The molecular formula is C17H26N2O. The summed E-state index contributed by atoms with van der Waals surface area (Å²) >= 11 is 0. The van der Waals surface area contributed by atoms with Crippen LogP contribution < -0.4 is 10.1 Å². The number of methoxy groups -OCH3 is 1. The van der Waals surface area contributed by atoms with Crippen LogP contribution in [0, 0.1) is 11.8 Å². The molecule has 0 aliphatic carbocycles. The van der Waals surface area contributed by atoms with Crippen molar-refractivity contribution in [2.75, 3.05) is 26.7 Å². The molecule has 2 fully saturated rings. The first kappa shape index (κ1) is 13.9. The molecule has 1 aromatic carbocycles. The van der Waals surface area contributed by atoms with Gasteiger partial charge in [-0.05, 0) is 56.0 Å². The fourth-order valence-electron chi connectivity index (χ4n) is 4.13. The number of rotatable bonds is 4. The summed E-state index contributed by atoms with van der Waals surface area (Å²) in [6.45, 7) is 8.30.